The number of primary amides is 2. The number of hydrogen-bond acceptors (Lipinski definition) is 2. The number of hydrogen-bond donors (Lipinski definition) is 2. The molecule has 0 bridgehead atoms. The van der Waals surface area contributed by atoms with E-state index in [9.17, 15) is 9.59 Å². The van der Waals surface area contributed by atoms with Gasteiger partial charge in [0.15, 0.2) is 0 Å². The molecule has 0 aromatic heterocycles. The van der Waals surface area contributed by atoms with Gasteiger partial charge in [-0.25, -0.2) is 0 Å². The van der Waals surface area contributed by atoms with Gasteiger partial charge in [0.25, 0.3) is 0 Å². The Morgan fingerprint density at radius 1 is 1.07 bits per heavy atom. The molecule has 0 saturated carbocycles. The Balaban J connectivity index is 5.16. The molecule has 0 aromatic rings. The van der Waals surface area contributed by atoms with E-state index in [2.05, 4.69) is 0 Å². The molecule has 0 saturated heterocycles. The van der Waals surface area contributed by atoms with Crippen molar-refractivity contribution in [2.45, 2.75) is 34.1 Å². The Labute approximate surface area is 85.0 Å². The molecule has 82 valence electrons. The highest BCUT2D eigenvalue weighted by Gasteiger charge is 2.44. The average molecular weight is 200 g/mol. The minimum atomic E-state index is -0.814. The summed E-state index contributed by atoms with van der Waals surface area (Å²) in [5.74, 6) is -0.910. The highest BCUT2D eigenvalue weighted by molar-refractivity contribution is 5.87. The zero-order valence-corrected chi connectivity index (χ0v) is 9.33. The van der Waals surface area contributed by atoms with E-state index in [0.29, 0.717) is 0 Å². The number of rotatable bonds is 5. The lowest BCUT2D eigenvalue weighted by Gasteiger charge is -2.37. The second-order valence-corrected chi connectivity index (χ2v) is 4.36. The van der Waals surface area contributed by atoms with E-state index < -0.39 is 17.2 Å². The first kappa shape index (κ1) is 12.9. The van der Waals surface area contributed by atoms with Crippen molar-refractivity contribution in [2.24, 2.45) is 28.7 Å². The third-order valence-corrected chi connectivity index (χ3v) is 2.99. The van der Waals surface area contributed by atoms with Crippen LogP contribution in [0.1, 0.15) is 34.1 Å². The minimum absolute atomic E-state index is 0.00694. The van der Waals surface area contributed by atoms with E-state index in [-0.39, 0.29) is 18.3 Å². The molecule has 0 unspecified atom stereocenters. The summed E-state index contributed by atoms with van der Waals surface area (Å²) in [6.07, 6.45) is 0.0255. The molecule has 0 aromatic carbocycles. The normalized spacial score (nSPS) is 12.1. The molecule has 2 amide bonds. The number of nitrogens with two attached hydrogens (primary N) is 2. The average Bonchev–Trinajstić information content (AvgIpc) is 1.97. The number of carbonyl (C=O) groups excluding carboxylic acids is 2. The van der Waals surface area contributed by atoms with Gasteiger partial charge >= 0.3 is 0 Å². The maximum atomic E-state index is 11.5. The van der Waals surface area contributed by atoms with Gasteiger partial charge in [-0.15, -0.1) is 0 Å². The predicted octanol–water partition coefficient (Wildman–Crippen LogP) is 0.645. The minimum Gasteiger partial charge on any atom is -0.370 e. The molecular weight excluding hydrogens is 180 g/mol. The van der Waals surface area contributed by atoms with Gasteiger partial charge in [-0.05, 0) is 11.8 Å². The maximum Gasteiger partial charge on any atom is 0.224 e. The van der Waals surface area contributed by atoms with Crippen molar-refractivity contribution in [1.82, 2.24) is 0 Å². The number of amides is 2. The monoisotopic (exact) mass is 200 g/mol. The fraction of sp³-hybridized carbons (Fsp3) is 0.800. The third-order valence-electron chi connectivity index (χ3n) is 2.99. The van der Waals surface area contributed by atoms with E-state index in [1.807, 2.05) is 27.7 Å². The quantitative estimate of drug-likeness (QED) is 0.682. The van der Waals surface area contributed by atoms with Gasteiger partial charge in [0.1, 0.15) is 0 Å². The highest BCUT2D eigenvalue weighted by Crippen LogP contribution is 2.38. The van der Waals surface area contributed by atoms with Crippen LogP contribution in [0.2, 0.25) is 0 Å². The van der Waals surface area contributed by atoms with Crippen molar-refractivity contribution in [3.05, 3.63) is 0 Å². The summed E-state index contributed by atoms with van der Waals surface area (Å²) in [5, 5.41) is 0. The third kappa shape index (κ3) is 2.25. The smallest absolute Gasteiger partial charge is 0.224 e. The van der Waals surface area contributed by atoms with Crippen LogP contribution in [0.25, 0.3) is 0 Å². The van der Waals surface area contributed by atoms with Crippen molar-refractivity contribution in [3.8, 4) is 0 Å². The molecule has 4 N–H and O–H groups in total. The molecule has 0 heterocycles. The van der Waals surface area contributed by atoms with E-state index in [4.69, 9.17) is 11.5 Å². The molecule has 0 radical (unpaired) electrons. The van der Waals surface area contributed by atoms with Crippen molar-refractivity contribution in [2.75, 3.05) is 0 Å². The maximum absolute atomic E-state index is 11.5. The van der Waals surface area contributed by atoms with Crippen LogP contribution in [0.15, 0.2) is 0 Å². The van der Waals surface area contributed by atoms with Crippen LogP contribution in [0.3, 0.4) is 0 Å². The van der Waals surface area contributed by atoms with E-state index in [1.54, 1.807) is 0 Å². The lowest BCUT2D eigenvalue weighted by molar-refractivity contribution is -0.139. The second-order valence-electron chi connectivity index (χ2n) is 4.36. The summed E-state index contributed by atoms with van der Waals surface area (Å²) < 4.78 is 0. The van der Waals surface area contributed by atoms with Gasteiger partial charge in [0.2, 0.25) is 11.8 Å². The lowest BCUT2D eigenvalue weighted by Crippen LogP contribution is -2.48. The van der Waals surface area contributed by atoms with Crippen LogP contribution in [0.5, 0.6) is 0 Å². The van der Waals surface area contributed by atoms with Crippen LogP contribution in [0.4, 0.5) is 0 Å². The van der Waals surface area contributed by atoms with Crippen LogP contribution in [-0.4, -0.2) is 11.8 Å². The van der Waals surface area contributed by atoms with E-state index in [0.717, 1.165) is 0 Å². The standard InChI is InChI=1S/C10H20N2O2/c1-6(2)10(7(3)4,9(12)14)5-8(11)13/h6-7H,5H2,1-4H3,(H2,11,13)(H2,12,14). The first-order valence-corrected chi connectivity index (χ1v) is 4.83. The summed E-state index contributed by atoms with van der Waals surface area (Å²) >= 11 is 0. The summed E-state index contributed by atoms with van der Waals surface area (Å²) in [4.78, 5) is 22.4. The van der Waals surface area contributed by atoms with Crippen LogP contribution in [0, 0.1) is 17.3 Å². The SMILES string of the molecule is CC(C)C(CC(N)=O)(C(N)=O)C(C)C. The molecule has 0 aliphatic carbocycles. The zero-order valence-electron chi connectivity index (χ0n) is 9.33. The molecule has 4 heteroatoms. The van der Waals surface area contributed by atoms with Crippen LogP contribution in [-0.2, 0) is 9.59 Å². The van der Waals surface area contributed by atoms with Gasteiger partial charge in [-0.3, -0.25) is 9.59 Å². The lowest BCUT2D eigenvalue weighted by atomic mass is 9.66. The Hall–Kier alpha value is -1.06. The Morgan fingerprint density at radius 2 is 1.43 bits per heavy atom. The van der Waals surface area contributed by atoms with Crippen LogP contribution >= 0.6 is 0 Å². The van der Waals surface area contributed by atoms with Crippen molar-refractivity contribution in [3.63, 3.8) is 0 Å². The van der Waals surface area contributed by atoms with Crippen molar-refractivity contribution >= 4 is 11.8 Å². The molecular formula is C10H20N2O2. The summed E-state index contributed by atoms with van der Waals surface area (Å²) in [6.45, 7) is 7.53. The fourth-order valence-corrected chi connectivity index (χ4v) is 2.02. The summed E-state index contributed by atoms with van der Waals surface area (Å²) in [5.41, 5.74) is 9.71. The highest BCUT2D eigenvalue weighted by atomic mass is 16.2. The topological polar surface area (TPSA) is 86.2 Å². The van der Waals surface area contributed by atoms with Gasteiger partial charge in [0.05, 0.1) is 5.41 Å². The molecule has 0 atom stereocenters. The summed E-state index contributed by atoms with van der Waals surface area (Å²) in [7, 11) is 0. The fourth-order valence-electron chi connectivity index (χ4n) is 2.02. The van der Waals surface area contributed by atoms with E-state index >= 15 is 0 Å². The van der Waals surface area contributed by atoms with Gasteiger partial charge < -0.3 is 11.5 Å². The first-order valence-electron chi connectivity index (χ1n) is 4.83. The molecule has 0 aliphatic heterocycles. The molecule has 0 fully saturated rings. The molecule has 4 nitrogen and oxygen atoms in total. The molecule has 14 heavy (non-hydrogen) atoms. The van der Waals surface area contributed by atoms with Gasteiger partial charge in [-0.2, -0.15) is 0 Å². The Bertz CT molecular complexity index is 226. The molecule has 0 spiro atoms. The van der Waals surface area contributed by atoms with Crippen molar-refractivity contribution in [1.29, 1.82) is 0 Å². The molecule has 0 rings (SSSR count). The predicted molar refractivity (Wildman–Crippen MR) is 55.1 cm³/mol. The summed E-state index contributed by atoms with van der Waals surface area (Å²) in [6, 6.07) is 0. The van der Waals surface area contributed by atoms with Crippen LogP contribution < -0.4 is 11.5 Å². The molecule has 0 aliphatic rings. The Kier molecular flexibility index (Phi) is 4.10. The Morgan fingerprint density at radius 3 is 1.50 bits per heavy atom. The largest absolute Gasteiger partial charge is 0.370 e. The van der Waals surface area contributed by atoms with E-state index in [1.165, 1.54) is 0 Å². The second kappa shape index (κ2) is 4.44. The van der Waals surface area contributed by atoms with Gasteiger partial charge in [-0.1, -0.05) is 27.7 Å². The number of carbonyl (C=O) groups is 2. The first-order chi connectivity index (χ1) is 6.25. The van der Waals surface area contributed by atoms with Gasteiger partial charge in [0, 0.05) is 6.42 Å². The zero-order chi connectivity index (χ0) is 11.5. The van der Waals surface area contributed by atoms with Crippen molar-refractivity contribution < 1.29 is 9.59 Å².